The lowest BCUT2D eigenvalue weighted by molar-refractivity contribution is 0.0447. The van der Waals surface area contributed by atoms with Gasteiger partial charge in [0, 0.05) is 12.6 Å². The second-order valence-electron chi connectivity index (χ2n) is 7.06. The minimum atomic E-state index is 0.653. The van der Waals surface area contributed by atoms with Crippen molar-refractivity contribution in [2.24, 2.45) is 17.8 Å². The van der Waals surface area contributed by atoms with Crippen molar-refractivity contribution in [3.05, 3.63) is 48.6 Å². The first kappa shape index (κ1) is 16.3. The molecule has 1 nitrogen and oxygen atoms in total. The largest absolute Gasteiger partial charge is 0.296 e. The molecule has 0 N–H and O–H groups in total. The lowest BCUT2D eigenvalue weighted by Gasteiger charge is -2.44. The molecular weight excluding hydrogens is 254 g/mol. The van der Waals surface area contributed by atoms with Gasteiger partial charge in [-0.25, -0.2) is 0 Å². The van der Waals surface area contributed by atoms with Gasteiger partial charge >= 0.3 is 0 Å². The fourth-order valence-electron chi connectivity index (χ4n) is 3.93. The molecule has 1 aliphatic heterocycles. The van der Waals surface area contributed by atoms with Crippen LogP contribution in [-0.4, -0.2) is 17.5 Å². The van der Waals surface area contributed by atoms with E-state index in [-0.39, 0.29) is 0 Å². The Bertz CT molecular complexity index is 423. The summed E-state index contributed by atoms with van der Waals surface area (Å²) in [5, 5.41) is 0. The fraction of sp³-hybridized carbons (Fsp3) is 0.600. The molecule has 0 aromatic heterocycles. The van der Waals surface area contributed by atoms with Gasteiger partial charge in [-0.2, -0.15) is 0 Å². The Morgan fingerprint density at radius 3 is 2.62 bits per heavy atom. The quantitative estimate of drug-likeness (QED) is 0.654. The maximum absolute atomic E-state index is 3.99. The Morgan fingerprint density at radius 1 is 1.29 bits per heavy atom. The van der Waals surface area contributed by atoms with Crippen LogP contribution in [0.25, 0.3) is 0 Å². The van der Waals surface area contributed by atoms with Crippen LogP contribution in [0.1, 0.15) is 45.6 Å². The summed E-state index contributed by atoms with van der Waals surface area (Å²) < 4.78 is 0. The summed E-state index contributed by atoms with van der Waals surface area (Å²) in [6.07, 6.45) is 5.99. The van der Waals surface area contributed by atoms with Crippen LogP contribution >= 0.6 is 0 Å². The van der Waals surface area contributed by atoms with Crippen LogP contribution in [0.3, 0.4) is 0 Å². The average molecular weight is 285 g/mol. The molecule has 2 rings (SSSR count). The molecule has 1 heterocycles. The van der Waals surface area contributed by atoms with Crippen molar-refractivity contribution in [2.75, 3.05) is 6.54 Å². The number of allylic oxidation sites excluding steroid dienone is 1. The van der Waals surface area contributed by atoms with E-state index >= 15 is 0 Å². The smallest absolute Gasteiger partial charge is 0.0236 e. The standard InChI is InChI=1S/C20H31N/c1-5-9-20-17(4)21(13-12-19(20)14-16(2)3)15-18-10-7-6-8-11-18/h5-8,10-11,16-17,19-20H,1,9,12-15H2,2-4H3/t17-,19+,20-/m0/s1. The highest BCUT2D eigenvalue weighted by molar-refractivity contribution is 5.14. The number of piperidine rings is 1. The third-order valence-corrected chi connectivity index (χ3v) is 5.03. The summed E-state index contributed by atoms with van der Waals surface area (Å²) in [4.78, 5) is 2.67. The molecular formula is C20H31N. The van der Waals surface area contributed by atoms with Crippen LogP contribution in [0, 0.1) is 17.8 Å². The Balaban J connectivity index is 2.04. The van der Waals surface area contributed by atoms with E-state index in [1.165, 1.54) is 24.9 Å². The van der Waals surface area contributed by atoms with Crippen LogP contribution in [0.15, 0.2) is 43.0 Å². The molecule has 0 spiro atoms. The van der Waals surface area contributed by atoms with Crippen LogP contribution in [0.2, 0.25) is 0 Å². The van der Waals surface area contributed by atoms with Gasteiger partial charge in [-0.15, -0.1) is 6.58 Å². The summed E-state index contributed by atoms with van der Waals surface area (Å²) >= 11 is 0. The van der Waals surface area contributed by atoms with Crippen molar-refractivity contribution in [3.8, 4) is 0 Å². The lowest BCUT2D eigenvalue weighted by Crippen LogP contribution is -2.47. The predicted octanol–water partition coefficient (Wildman–Crippen LogP) is 5.14. The van der Waals surface area contributed by atoms with E-state index in [0.717, 1.165) is 30.7 Å². The van der Waals surface area contributed by atoms with Crippen molar-refractivity contribution in [1.82, 2.24) is 4.90 Å². The number of rotatable bonds is 6. The Kier molecular flexibility index (Phi) is 6.05. The molecule has 1 aliphatic rings. The minimum absolute atomic E-state index is 0.653. The first-order valence-corrected chi connectivity index (χ1v) is 8.50. The Labute approximate surface area is 131 Å². The normalized spacial score (nSPS) is 27.0. The van der Waals surface area contributed by atoms with Crippen LogP contribution < -0.4 is 0 Å². The molecule has 0 radical (unpaired) electrons. The third kappa shape index (κ3) is 4.44. The summed E-state index contributed by atoms with van der Waals surface area (Å²) in [7, 11) is 0. The van der Waals surface area contributed by atoms with Crippen molar-refractivity contribution in [2.45, 2.75) is 52.6 Å². The second kappa shape index (κ2) is 7.79. The van der Waals surface area contributed by atoms with Gasteiger partial charge in [0.05, 0.1) is 0 Å². The van der Waals surface area contributed by atoms with Crippen LogP contribution in [0.5, 0.6) is 0 Å². The summed E-state index contributed by atoms with van der Waals surface area (Å²) in [5.41, 5.74) is 1.43. The van der Waals surface area contributed by atoms with Gasteiger partial charge in [0.1, 0.15) is 0 Å². The zero-order chi connectivity index (χ0) is 15.2. The number of likely N-dealkylation sites (tertiary alicyclic amines) is 1. The third-order valence-electron chi connectivity index (χ3n) is 5.03. The Morgan fingerprint density at radius 2 is 2.00 bits per heavy atom. The van der Waals surface area contributed by atoms with E-state index in [4.69, 9.17) is 0 Å². The van der Waals surface area contributed by atoms with Gasteiger partial charge in [0.25, 0.3) is 0 Å². The average Bonchev–Trinajstić information content (AvgIpc) is 2.46. The topological polar surface area (TPSA) is 3.24 Å². The SMILES string of the molecule is C=CC[C@@H]1[C@@H](CC(C)C)CCN(Cc2ccccc2)[C@H]1C. The maximum atomic E-state index is 3.99. The van der Waals surface area contributed by atoms with E-state index in [0.29, 0.717) is 6.04 Å². The summed E-state index contributed by atoms with van der Waals surface area (Å²) in [5.74, 6) is 2.43. The van der Waals surface area contributed by atoms with E-state index in [9.17, 15) is 0 Å². The minimum Gasteiger partial charge on any atom is -0.296 e. The van der Waals surface area contributed by atoms with Gasteiger partial charge in [-0.05, 0) is 56.0 Å². The molecule has 21 heavy (non-hydrogen) atoms. The van der Waals surface area contributed by atoms with Crippen molar-refractivity contribution >= 4 is 0 Å². The fourth-order valence-corrected chi connectivity index (χ4v) is 3.93. The number of nitrogens with zero attached hydrogens (tertiary/aromatic N) is 1. The van der Waals surface area contributed by atoms with E-state index in [1.807, 2.05) is 0 Å². The molecule has 1 fully saturated rings. The first-order chi connectivity index (χ1) is 10.1. The molecule has 3 atom stereocenters. The summed E-state index contributed by atoms with van der Waals surface area (Å²) in [6.45, 7) is 13.4. The van der Waals surface area contributed by atoms with Crippen molar-refractivity contribution < 1.29 is 0 Å². The number of hydrogen-bond donors (Lipinski definition) is 0. The van der Waals surface area contributed by atoms with Crippen molar-refractivity contribution in [1.29, 1.82) is 0 Å². The van der Waals surface area contributed by atoms with Gasteiger partial charge in [0.15, 0.2) is 0 Å². The zero-order valence-corrected chi connectivity index (χ0v) is 14.0. The van der Waals surface area contributed by atoms with Gasteiger partial charge in [-0.3, -0.25) is 4.90 Å². The molecule has 1 saturated heterocycles. The molecule has 116 valence electrons. The predicted molar refractivity (Wildman–Crippen MR) is 92.2 cm³/mol. The molecule has 1 aromatic rings. The molecule has 1 aromatic carbocycles. The molecule has 0 amide bonds. The Hall–Kier alpha value is -1.08. The van der Waals surface area contributed by atoms with E-state index in [2.05, 4.69) is 68.7 Å². The van der Waals surface area contributed by atoms with Crippen LogP contribution in [-0.2, 0) is 6.54 Å². The van der Waals surface area contributed by atoms with Gasteiger partial charge < -0.3 is 0 Å². The van der Waals surface area contributed by atoms with Crippen LogP contribution in [0.4, 0.5) is 0 Å². The zero-order valence-electron chi connectivity index (χ0n) is 14.0. The highest BCUT2D eigenvalue weighted by Gasteiger charge is 2.34. The molecule has 0 aliphatic carbocycles. The highest BCUT2D eigenvalue weighted by atomic mass is 15.2. The molecule has 1 heteroatoms. The number of hydrogen-bond acceptors (Lipinski definition) is 1. The molecule has 0 bridgehead atoms. The van der Waals surface area contributed by atoms with E-state index < -0.39 is 0 Å². The molecule has 0 unspecified atom stereocenters. The monoisotopic (exact) mass is 285 g/mol. The summed E-state index contributed by atoms with van der Waals surface area (Å²) in [6, 6.07) is 11.5. The van der Waals surface area contributed by atoms with Gasteiger partial charge in [-0.1, -0.05) is 50.3 Å². The number of benzene rings is 1. The highest BCUT2D eigenvalue weighted by Crippen LogP contribution is 2.36. The second-order valence-corrected chi connectivity index (χ2v) is 7.06. The van der Waals surface area contributed by atoms with Gasteiger partial charge in [0.2, 0.25) is 0 Å². The first-order valence-electron chi connectivity index (χ1n) is 8.50. The lowest BCUT2D eigenvalue weighted by atomic mass is 9.74. The van der Waals surface area contributed by atoms with Crippen molar-refractivity contribution in [3.63, 3.8) is 0 Å². The van der Waals surface area contributed by atoms with E-state index in [1.54, 1.807) is 0 Å². The molecule has 0 saturated carbocycles. The maximum Gasteiger partial charge on any atom is 0.0236 e.